The summed E-state index contributed by atoms with van der Waals surface area (Å²) >= 11 is 0. The second-order valence-electron chi connectivity index (χ2n) is 2.95. The number of aliphatic hydroxyl groups excluding tert-OH is 1. The van der Waals surface area contributed by atoms with E-state index in [1.54, 1.807) is 0 Å². The number of aromatic hydroxyl groups is 1. The Kier molecular flexibility index (Phi) is 2.93. The summed E-state index contributed by atoms with van der Waals surface area (Å²) in [5, 5.41) is 26.6. The van der Waals surface area contributed by atoms with Gasteiger partial charge in [-0.1, -0.05) is 6.07 Å². The van der Waals surface area contributed by atoms with Crippen molar-refractivity contribution in [2.45, 2.75) is 12.5 Å². The standard InChI is InChI=1S/C9H11NO4/c10-6-3-5(1-2-7(6)11)4-8(12)9(13)14/h1-3,8,11-12H,4,10H2,(H,13,14)/t8-/m1/s1. The molecule has 0 aliphatic carbocycles. The molecule has 5 nitrogen and oxygen atoms in total. The number of rotatable bonds is 3. The van der Waals surface area contributed by atoms with Crippen LogP contribution in [0.3, 0.4) is 0 Å². The molecule has 1 rings (SSSR count). The molecule has 0 fully saturated rings. The second kappa shape index (κ2) is 3.97. The van der Waals surface area contributed by atoms with Crippen LogP contribution in [0.5, 0.6) is 5.75 Å². The predicted octanol–water partition coefficient (Wildman–Crippen LogP) is -0.0376. The van der Waals surface area contributed by atoms with Gasteiger partial charge in [-0.15, -0.1) is 0 Å². The number of carboxylic acids is 1. The van der Waals surface area contributed by atoms with Crippen LogP contribution in [0.25, 0.3) is 0 Å². The molecule has 0 aliphatic rings. The molecule has 0 amide bonds. The van der Waals surface area contributed by atoms with Crippen molar-refractivity contribution in [2.75, 3.05) is 5.73 Å². The molecule has 0 aromatic heterocycles. The van der Waals surface area contributed by atoms with E-state index in [9.17, 15) is 4.79 Å². The van der Waals surface area contributed by atoms with Crippen LogP contribution in [-0.2, 0) is 11.2 Å². The van der Waals surface area contributed by atoms with E-state index >= 15 is 0 Å². The number of nitrogens with two attached hydrogens (primary N) is 1. The summed E-state index contributed by atoms with van der Waals surface area (Å²) in [4.78, 5) is 10.3. The number of nitrogen functional groups attached to an aromatic ring is 1. The topological polar surface area (TPSA) is 104 Å². The van der Waals surface area contributed by atoms with Crippen molar-refractivity contribution in [3.05, 3.63) is 23.8 Å². The predicted molar refractivity (Wildman–Crippen MR) is 49.9 cm³/mol. The highest BCUT2D eigenvalue weighted by molar-refractivity contribution is 5.72. The van der Waals surface area contributed by atoms with E-state index < -0.39 is 12.1 Å². The van der Waals surface area contributed by atoms with Crippen LogP contribution in [0.2, 0.25) is 0 Å². The zero-order chi connectivity index (χ0) is 10.7. The molecule has 5 N–H and O–H groups in total. The van der Waals surface area contributed by atoms with Crippen molar-refractivity contribution in [3.63, 3.8) is 0 Å². The quantitative estimate of drug-likeness (QED) is 0.402. The fourth-order valence-electron chi connectivity index (χ4n) is 1.04. The number of phenolic OH excluding ortho intramolecular Hbond substituents is 1. The minimum Gasteiger partial charge on any atom is -0.506 e. The molecule has 0 radical (unpaired) electrons. The lowest BCUT2D eigenvalue weighted by Crippen LogP contribution is -2.21. The number of benzene rings is 1. The number of carboxylic acid groups (broad SMARTS) is 1. The van der Waals surface area contributed by atoms with Gasteiger partial charge in [-0.25, -0.2) is 4.79 Å². The molecule has 14 heavy (non-hydrogen) atoms. The van der Waals surface area contributed by atoms with Crippen LogP contribution in [0, 0.1) is 0 Å². The number of anilines is 1. The highest BCUT2D eigenvalue weighted by Crippen LogP contribution is 2.21. The van der Waals surface area contributed by atoms with Crippen molar-refractivity contribution in [1.29, 1.82) is 0 Å². The van der Waals surface area contributed by atoms with E-state index in [1.807, 2.05) is 0 Å². The third-order valence-electron chi connectivity index (χ3n) is 1.81. The van der Waals surface area contributed by atoms with Crippen molar-refractivity contribution in [1.82, 2.24) is 0 Å². The van der Waals surface area contributed by atoms with Crippen LogP contribution in [0.1, 0.15) is 5.56 Å². The third kappa shape index (κ3) is 2.37. The summed E-state index contributed by atoms with van der Waals surface area (Å²) in [7, 11) is 0. The summed E-state index contributed by atoms with van der Waals surface area (Å²) in [5.41, 5.74) is 6.13. The van der Waals surface area contributed by atoms with E-state index in [-0.39, 0.29) is 17.9 Å². The van der Waals surface area contributed by atoms with Gasteiger partial charge in [0.25, 0.3) is 0 Å². The first-order valence-corrected chi connectivity index (χ1v) is 3.99. The minimum absolute atomic E-state index is 0.0280. The molecule has 0 bridgehead atoms. The highest BCUT2D eigenvalue weighted by atomic mass is 16.4. The van der Waals surface area contributed by atoms with Crippen LogP contribution in [-0.4, -0.2) is 27.4 Å². The summed E-state index contributed by atoms with van der Waals surface area (Å²) in [6.45, 7) is 0. The zero-order valence-electron chi connectivity index (χ0n) is 7.34. The fourth-order valence-corrected chi connectivity index (χ4v) is 1.04. The molecule has 0 saturated heterocycles. The Hall–Kier alpha value is -1.75. The number of phenols is 1. The van der Waals surface area contributed by atoms with Crippen molar-refractivity contribution < 1.29 is 20.1 Å². The number of hydrogen-bond acceptors (Lipinski definition) is 4. The van der Waals surface area contributed by atoms with Crippen LogP contribution < -0.4 is 5.73 Å². The molecule has 76 valence electrons. The van der Waals surface area contributed by atoms with Gasteiger partial charge in [-0.05, 0) is 17.7 Å². The normalized spacial score (nSPS) is 12.4. The van der Waals surface area contributed by atoms with Gasteiger partial charge in [0.1, 0.15) is 5.75 Å². The fraction of sp³-hybridized carbons (Fsp3) is 0.222. The summed E-state index contributed by atoms with van der Waals surface area (Å²) in [5.74, 6) is -1.34. The SMILES string of the molecule is Nc1cc(C[C@@H](O)C(=O)O)ccc1O. The molecule has 1 aromatic carbocycles. The van der Waals surface area contributed by atoms with E-state index in [1.165, 1.54) is 18.2 Å². The lowest BCUT2D eigenvalue weighted by Gasteiger charge is -2.06. The van der Waals surface area contributed by atoms with Gasteiger partial charge in [-0.3, -0.25) is 0 Å². The molecule has 5 heteroatoms. The Labute approximate surface area is 80.4 Å². The smallest absolute Gasteiger partial charge is 0.332 e. The average molecular weight is 197 g/mol. The van der Waals surface area contributed by atoms with Crippen molar-refractivity contribution in [2.24, 2.45) is 0 Å². The average Bonchev–Trinajstić information content (AvgIpc) is 2.11. The minimum atomic E-state index is -1.45. The molecule has 1 atom stereocenters. The lowest BCUT2D eigenvalue weighted by atomic mass is 10.1. The number of aliphatic hydroxyl groups is 1. The lowest BCUT2D eigenvalue weighted by molar-refractivity contribution is -0.146. The van der Waals surface area contributed by atoms with E-state index in [0.717, 1.165) is 0 Å². The van der Waals surface area contributed by atoms with E-state index in [4.69, 9.17) is 21.1 Å². The Balaban J connectivity index is 2.78. The maximum atomic E-state index is 10.3. The first-order valence-electron chi connectivity index (χ1n) is 3.99. The molecule has 0 heterocycles. The molecule has 0 saturated carbocycles. The monoisotopic (exact) mass is 197 g/mol. The Bertz CT molecular complexity index is 351. The maximum absolute atomic E-state index is 10.3. The zero-order valence-corrected chi connectivity index (χ0v) is 7.34. The van der Waals surface area contributed by atoms with Crippen LogP contribution >= 0.6 is 0 Å². The van der Waals surface area contributed by atoms with Crippen LogP contribution in [0.4, 0.5) is 5.69 Å². The molecule has 1 aromatic rings. The van der Waals surface area contributed by atoms with Gasteiger partial charge >= 0.3 is 5.97 Å². The molecular formula is C9H11NO4. The summed E-state index contributed by atoms with van der Waals surface area (Å²) < 4.78 is 0. The van der Waals surface area contributed by atoms with Crippen LogP contribution in [0.15, 0.2) is 18.2 Å². The Morgan fingerprint density at radius 1 is 1.50 bits per heavy atom. The third-order valence-corrected chi connectivity index (χ3v) is 1.81. The van der Waals surface area contributed by atoms with Gasteiger partial charge in [-0.2, -0.15) is 0 Å². The van der Waals surface area contributed by atoms with Crippen molar-refractivity contribution in [3.8, 4) is 5.75 Å². The Morgan fingerprint density at radius 2 is 2.14 bits per heavy atom. The van der Waals surface area contributed by atoms with Gasteiger partial charge < -0.3 is 21.1 Å². The van der Waals surface area contributed by atoms with Gasteiger partial charge in [0.15, 0.2) is 6.10 Å². The largest absolute Gasteiger partial charge is 0.506 e. The van der Waals surface area contributed by atoms with Gasteiger partial charge in [0.2, 0.25) is 0 Å². The van der Waals surface area contributed by atoms with E-state index in [0.29, 0.717) is 5.56 Å². The first kappa shape index (κ1) is 10.3. The highest BCUT2D eigenvalue weighted by Gasteiger charge is 2.13. The van der Waals surface area contributed by atoms with Gasteiger partial charge in [0.05, 0.1) is 5.69 Å². The molecule has 0 unspecified atom stereocenters. The molecule has 0 spiro atoms. The van der Waals surface area contributed by atoms with Gasteiger partial charge in [0, 0.05) is 6.42 Å². The first-order chi connectivity index (χ1) is 6.50. The summed E-state index contributed by atoms with van der Waals surface area (Å²) in [6.07, 6.45) is -1.47. The number of carbonyl (C=O) groups is 1. The number of aliphatic carboxylic acids is 1. The van der Waals surface area contributed by atoms with E-state index in [2.05, 4.69) is 0 Å². The number of hydrogen-bond donors (Lipinski definition) is 4. The van der Waals surface area contributed by atoms with Crippen molar-refractivity contribution >= 4 is 11.7 Å². The molecule has 0 aliphatic heterocycles. The molecular weight excluding hydrogens is 186 g/mol. The maximum Gasteiger partial charge on any atom is 0.332 e. The summed E-state index contributed by atoms with van der Waals surface area (Å²) in [6, 6.07) is 4.30. The second-order valence-corrected chi connectivity index (χ2v) is 2.95. The Morgan fingerprint density at radius 3 is 2.64 bits per heavy atom.